The number of nitrogens with one attached hydrogen (secondary N) is 2. The second kappa shape index (κ2) is 5.62. The van der Waals surface area contributed by atoms with Gasteiger partial charge in [0.25, 0.3) is 0 Å². The van der Waals surface area contributed by atoms with Gasteiger partial charge in [0.15, 0.2) is 11.5 Å². The summed E-state index contributed by atoms with van der Waals surface area (Å²) in [4.78, 5) is 23.6. The Hall–Kier alpha value is -1.89. The maximum Gasteiger partial charge on any atom is 0.247 e. The highest BCUT2D eigenvalue weighted by atomic mass is 32.2. The molecule has 1 atom stereocenters. The fraction of sp³-hybridized carbons (Fsp3) is 0.385. The van der Waals surface area contributed by atoms with Gasteiger partial charge in [-0.15, -0.1) is 0 Å². The number of ether oxygens (including phenoxy) is 2. The van der Waals surface area contributed by atoms with Crippen LogP contribution in [0.2, 0.25) is 0 Å². The normalized spacial score (nSPS) is 21.0. The Labute approximate surface area is 120 Å². The van der Waals surface area contributed by atoms with Gasteiger partial charge in [-0.3, -0.25) is 9.59 Å². The fourth-order valence-electron chi connectivity index (χ4n) is 2.02. The van der Waals surface area contributed by atoms with Crippen LogP contribution in [0.3, 0.4) is 0 Å². The van der Waals surface area contributed by atoms with E-state index in [1.54, 1.807) is 30.0 Å². The Balaban J connectivity index is 1.67. The summed E-state index contributed by atoms with van der Waals surface area (Å²) < 4.78 is 10.5. The van der Waals surface area contributed by atoms with Gasteiger partial charge >= 0.3 is 0 Å². The van der Waals surface area contributed by atoms with E-state index in [2.05, 4.69) is 10.6 Å². The van der Waals surface area contributed by atoms with Crippen molar-refractivity contribution in [3.8, 4) is 11.5 Å². The van der Waals surface area contributed by atoms with E-state index < -0.39 is 6.04 Å². The number of hydrogen-bond donors (Lipinski definition) is 2. The van der Waals surface area contributed by atoms with E-state index in [1.165, 1.54) is 0 Å². The highest BCUT2D eigenvalue weighted by molar-refractivity contribution is 7.99. The molecule has 0 saturated carbocycles. The molecule has 0 radical (unpaired) electrons. The van der Waals surface area contributed by atoms with Crippen LogP contribution in [0.25, 0.3) is 0 Å². The van der Waals surface area contributed by atoms with Gasteiger partial charge in [0, 0.05) is 29.7 Å². The summed E-state index contributed by atoms with van der Waals surface area (Å²) in [7, 11) is 0. The first-order valence-corrected chi connectivity index (χ1v) is 7.45. The number of amides is 2. The number of carbonyl (C=O) groups is 2. The van der Waals surface area contributed by atoms with Crippen LogP contribution in [0.1, 0.15) is 6.42 Å². The Morgan fingerprint density at radius 3 is 3.10 bits per heavy atom. The minimum atomic E-state index is -0.500. The van der Waals surface area contributed by atoms with Crippen molar-refractivity contribution in [2.75, 3.05) is 23.6 Å². The third-order valence-electron chi connectivity index (χ3n) is 3.05. The van der Waals surface area contributed by atoms with Crippen LogP contribution in [0.15, 0.2) is 18.2 Å². The Morgan fingerprint density at radius 1 is 1.35 bits per heavy atom. The molecule has 106 valence electrons. The third-order valence-corrected chi connectivity index (χ3v) is 4.11. The third kappa shape index (κ3) is 2.82. The Bertz CT molecular complexity index is 549. The van der Waals surface area contributed by atoms with E-state index in [-0.39, 0.29) is 18.6 Å². The van der Waals surface area contributed by atoms with Crippen LogP contribution in [-0.4, -0.2) is 36.2 Å². The Morgan fingerprint density at radius 2 is 2.20 bits per heavy atom. The van der Waals surface area contributed by atoms with Crippen molar-refractivity contribution in [2.45, 2.75) is 12.5 Å². The molecule has 0 spiro atoms. The second-order valence-corrected chi connectivity index (χ2v) is 5.65. The van der Waals surface area contributed by atoms with Gasteiger partial charge in [-0.2, -0.15) is 11.8 Å². The summed E-state index contributed by atoms with van der Waals surface area (Å²) in [6.45, 7) is 0.196. The lowest BCUT2D eigenvalue weighted by Crippen LogP contribution is -2.44. The highest BCUT2D eigenvalue weighted by Gasteiger charge is 2.24. The SMILES string of the molecule is O=C1CCSCC(C(=O)Nc2ccc3c(c2)OCO3)N1. The molecule has 2 aliphatic rings. The maximum atomic E-state index is 12.2. The van der Waals surface area contributed by atoms with Crippen LogP contribution >= 0.6 is 11.8 Å². The number of fused-ring (bicyclic) bond motifs is 1. The number of rotatable bonds is 2. The number of anilines is 1. The minimum Gasteiger partial charge on any atom is -0.454 e. The molecule has 20 heavy (non-hydrogen) atoms. The highest BCUT2D eigenvalue weighted by Crippen LogP contribution is 2.34. The van der Waals surface area contributed by atoms with Crippen LogP contribution < -0.4 is 20.1 Å². The molecule has 3 rings (SSSR count). The molecule has 2 aliphatic heterocycles. The minimum absolute atomic E-state index is 0.0826. The average Bonchev–Trinajstić information content (AvgIpc) is 2.78. The molecule has 0 bridgehead atoms. The van der Waals surface area contributed by atoms with Crippen molar-refractivity contribution in [1.29, 1.82) is 0 Å². The van der Waals surface area contributed by atoms with Crippen molar-refractivity contribution in [3.05, 3.63) is 18.2 Å². The molecule has 1 fully saturated rings. The van der Waals surface area contributed by atoms with Crippen molar-refractivity contribution in [3.63, 3.8) is 0 Å². The number of benzene rings is 1. The molecule has 2 amide bonds. The van der Waals surface area contributed by atoms with Crippen molar-refractivity contribution in [2.24, 2.45) is 0 Å². The van der Waals surface area contributed by atoms with Crippen LogP contribution in [0.5, 0.6) is 11.5 Å². The predicted octanol–water partition coefficient (Wildman–Crippen LogP) is 0.975. The van der Waals surface area contributed by atoms with Gasteiger partial charge in [-0.05, 0) is 12.1 Å². The number of carbonyl (C=O) groups excluding carboxylic acids is 2. The van der Waals surface area contributed by atoms with E-state index in [4.69, 9.17) is 9.47 Å². The van der Waals surface area contributed by atoms with Gasteiger partial charge in [0.1, 0.15) is 6.04 Å². The molecule has 1 aromatic rings. The zero-order chi connectivity index (χ0) is 13.9. The fourth-order valence-corrected chi connectivity index (χ4v) is 2.99. The molecule has 1 aromatic carbocycles. The number of hydrogen-bond acceptors (Lipinski definition) is 5. The maximum absolute atomic E-state index is 12.2. The van der Waals surface area contributed by atoms with Gasteiger partial charge in [-0.1, -0.05) is 0 Å². The van der Waals surface area contributed by atoms with Crippen LogP contribution in [0, 0.1) is 0 Å². The topological polar surface area (TPSA) is 76.7 Å². The molecule has 6 nitrogen and oxygen atoms in total. The summed E-state index contributed by atoms with van der Waals surface area (Å²) in [5.74, 6) is 2.32. The van der Waals surface area contributed by atoms with E-state index >= 15 is 0 Å². The lowest BCUT2D eigenvalue weighted by atomic mass is 10.2. The summed E-state index contributed by atoms with van der Waals surface area (Å²) in [5.41, 5.74) is 0.628. The molecule has 1 unspecified atom stereocenters. The van der Waals surface area contributed by atoms with E-state index in [9.17, 15) is 9.59 Å². The Kier molecular flexibility index (Phi) is 3.68. The molecule has 0 aromatic heterocycles. The van der Waals surface area contributed by atoms with E-state index in [0.29, 0.717) is 29.4 Å². The zero-order valence-corrected chi connectivity index (χ0v) is 11.5. The summed E-state index contributed by atoms with van der Waals surface area (Å²) in [6, 6.07) is 4.71. The monoisotopic (exact) mass is 294 g/mol. The van der Waals surface area contributed by atoms with Gasteiger partial charge < -0.3 is 20.1 Å². The first kappa shape index (κ1) is 13.1. The average molecular weight is 294 g/mol. The van der Waals surface area contributed by atoms with Gasteiger partial charge in [0.2, 0.25) is 18.6 Å². The zero-order valence-electron chi connectivity index (χ0n) is 10.7. The summed E-state index contributed by atoms with van der Waals surface area (Å²) >= 11 is 1.60. The molecular formula is C13H14N2O4S. The van der Waals surface area contributed by atoms with Gasteiger partial charge in [-0.25, -0.2) is 0 Å². The molecular weight excluding hydrogens is 280 g/mol. The second-order valence-electron chi connectivity index (χ2n) is 4.50. The smallest absolute Gasteiger partial charge is 0.247 e. The van der Waals surface area contributed by atoms with Crippen molar-refractivity contribution in [1.82, 2.24) is 5.32 Å². The predicted molar refractivity (Wildman–Crippen MR) is 75.1 cm³/mol. The molecule has 2 heterocycles. The summed E-state index contributed by atoms with van der Waals surface area (Å²) in [5, 5.41) is 5.51. The largest absolute Gasteiger partial charge is 0.454 e. The molecule has 1 saturated heterocycles. The lowest BCUT2D eigenvalue weighted by Gasteiger charge is -2.15. The standard InChI is InChI=1S/C13H14N2O4S/c16-12-3-4-20-6-9(15-12)13(17)14-8-1-2-10-11(5-8)19-7-18-10/h1-2,5,9H,3-4,6-7H2,(H,14,17)(H,15,16). The molecule has 2 N–H and O–H groups in total. The van der Waals surface area contributed by atoms with Crippen LogP contribution in [0.4, 0.5) is 5.69 Å². The molecule has 0 aliphatic carbocycles. The van der Waals surface area contributed by atoms with Crippen molar-refractivity contribution >= 4 is 29.3 Å². The van der Waals surface area contributed by atoms with Gasteiger partial charge in [0.05, 0.1) is 0 Å². The summed E-state index contributed by atoms with van der Waals surface area (Å²) in [6.07, 6.45) is 0.457. The van der Waals surface area contributed by atoms with Crippen molar-refractivity contribution < 1.29 is 19.1 Å². The number of thioether (sulfide) groups is 1. The van der Waals surface area contributed by atoms with Crippen LogP contribution in [-0.2, 0) is 9.59 Å². The first-order chi connectivity index (χ1) is 9.72. The van der Waals surface area contributed by atoms with E-state index in [0.717, 1.165) is 5.75 Å². The molecule has 7 heteroatoms. The van der Waals surface area contributed by atoms with E-state index in [1.807, 2.05) is 0 Å². The quantitative estimate of drug-likeness (QED) is 0.850. The first-order valence-electron chi connectivity index (χ1n) is 6.30. The lowest BCUT2D eigenvalue weighted by molar-refractivity contribution is -0.125.